The topological polar surface area (TPSA) is 102 Å². The second kappa shape index (κ2) is 10.6. The number of ketones is 1. The van der Waals surface area contributed by atoms with Crippen molar-refractivity contribution >= 4 is 23.6 Å². The van der Waals surface area contributed by atoms with Gasteiger partial charge in [-0.15, -0.1) is 0 Å². The quantitative estimate of drug-likeness (QED) is 0.500. The number of carbonyl (C=O) groups is 4. The summed E-state index contributed by atoms with van der Waals surface area (Å²) in [5.41, 5.74) is 1.07. The van der Waals surface area contributed by atoms with E-state index in [2.05, 4.69) is 5.32 Å². The molecule has 1 N–H and O–H groups in total. The van der Waals surface area contributed by atoms with Crippen LogP contribution in [0.1, 0.15) is 15.9 Å². The van der Waals surface area contributed by atoms with Crippen molar-refractivity contribution in [1.29, 1.82) is 0 Å². The lowest BCUT2D eigenvalue weighted by molar-refractivity contribution is -0.150. The summed E-state index contributed by atoms with van der Waals surface area (Å²) in [6.07, 6.45) is 0. The van der Waals surface area contributed by atoms with Crippen LogP contribution in [0.25, 0.3) is 0 Å². The molecule has 0 fully saturated rings. The molecule has 0 aromatic heterocycles. The first-order chi connectivity index (χ1) is 13.9. The number of esters is 1. The molecule has 2 rings (SSSR count). The number of hydrogen-bond donors (Lipinski definition) is 1. The zero-order valence-corrected chi connectivity index (χ0v) is 16.2. The van der Waals surface area contributed by atoms with E-state index in [1.54, 1.807) is 62.6 Å². The van der Waals surface area contributed by atoms with Gasteiger partial charge in [-0.05, 0) is 24.3 Å². The van der Waals surface area contributed by atoms with Gasteiger partial charge in [0.05, 0.1) is 6.54 Å². The van der Waals surface area contributed by atoms with E-state index < -0.39 is 25.1 Å². The summed E-state index contributed by atoms with van der Waals surface area (Å²) in [7, 11) is 3.13. The molecule has 0 saturated heterocycles. The van der Waals surface area contributed by atoms with Crippen LogP contribution in [0.5, 0.6) is 5.75 Å². The fraction of sp³-hybridized carbons (Fsp3) is 0.238. The molecule has 2 amide bonds. The number of likely N-dealkylation sites (N-methyl/N-ethyl adjacent to an activating group) is 1. The number of hydrogen-bond acceptors (Lipinski definition) is 6. The van der Waals surface area contributed by atoms with Gasteiger partial charge in [0.1, 0.15) is 5.75 Å². The van der Waals surface area contributed by atoms with Crippen LogP contribution >= 0.6 is 0 Å². The van der Waals surface area contributed by atoms with Gasteiger partial charge in [0.15, 0.2) is 19.0 Å². The third-order valence-corrected chi connectivity index (χ3v) is 3.81. The molecule has 0 aliphatic rings. The first kappa shape index (κ1) is 21.6. The van der Waals surface area contributed by atoms with Crippen molar-refractivity contribution in [2.45, 2.75) is 0 Å². The van der Waals surface area contributed by atoms with E-state index in [0.717, 1.165) is 0 Å². The summed E-state index contributed by atoms with van der Waals surface area (Å²) in [6, 6.07) is 15.2. The highest BCUT2D eigenvalue weighted by molar-refractivity contribution is 6.09. The Labute approximate surface area is 168 Å². The molecule has 2 aromatic carbocycles. The molecular weight excluding hydrogens is 376 g/mol. The second-order valence-corrected chi connectivity index (χ2v) is 6.23. The normalized spacial score (nSPS) is 10.0. The molecule has 8 heteroatoms. The van der Waals surface area contributed by atoms with E-state index >= 15 is 0 Å². The van der Waals surface area contributed by atoms with E-state index in [1.165, 1.54) is 4.90 Å². The van der Waals surface area contributed by atoms with Gasteiger partial charge >= 0.3 is 5.97 Å². The van der Waals surface area contributed by atoms with Crippen molar-refractivity contribution in [2.24, 2.45) is 0 Å². The highest BCUT2D eigenvalue weighted by atomic mass is 16.6. The SMILES string of the molecule is CN(C)C(=O)CNC(=O)COC(=O)COc1ccc(C(=O)c2ccccc2)cc1. The molecule has 8 nitrogen and oxygen atoms in total. The van der Waals surface area contributed by atoms with Gasteiger partial charge in [0.2, 0.25) is 5.91 Å². The predicted octanol–water partition coefficient (Wildman–Crippen LogP) is 1.04. The van der Waals surface area contributed by atoms with Crippen LogP contribution in [0.15, 0.2) is 54.6 Å². The smallest absolute Gasteiger partial charge is 0.344 e. The average molecular weight is 398 g/mol. The van der Waals surface area contributed by atoms with Crippen molar-refractivity contribution in [3.63, 3.8) is 0 Å². The minimum Gasteiger partial charge on any atom is -0.482 e. The summed E-state index contributed by atoms with van der Waals surface area (Å²) in [5.74, 6) is -1.33. The standard InChI is InChI=1S/C21H22N2O6/c1-23(2)19(25)12-22-18(24)13-29-20(26)14-28-17-10-8-16(9-11-17)21(27)15-6-4-3-5-7-15/h3-11H,12-14H2,1-2H3,(H,22,24). The Morgan fingerprint density at radius 2 is 1.48 bits per heavy atom. The minimum atomic E-state index is -0.733. The number of benzene rings is 2. The van der Waals surface area contributed by atoms with Gasteiger partial charge in [-0.3, -0.25) is 14.4 Å². The Morgan fingerprint density at radius 1 is 0.862 bits per heavy atom. The Balaban J connectivity index is 1.74. The van der Waals surface area contributed by atoms with Crippen molar-refractivity contribution in [3.05, 3.63) is 65.7 Å². The predicted molar refractivity (Wildman–Crippen MR) is 104 cm³/mol. The third-order valence-electron chi connectivity index (χ3n) is 3.81. The number of nitrogens with one attached hydrogen (secondary N) is 1. The van der Waals surface area contributed by atoms with E-state index in [4.69, 9.17) is 9.47 Å². The lowest BCUT2D eigenvalue weighted by Crippen LogP contribution is -2.38. The maximum absolute atomic E-state index is 12.3. The van der Waals surface area contributed by atoms with Gasteiger partial charge < -0.3 is 19.7 Å². The van der Waals surface area contributed by atoms with Gasteiger partial charge in [0, 0.05) is 25.2 Å². The van der Waals surface area contributed by atoms with Crippen molar-refractivity contribution in [3.8, 4) is 5.75 Å². The Morgan fingerprint density at radius 3 is 2.10 bits per heavy atom. The van der Waals surface area contributed by atoms with Gasteiger partial charge in [0.25, 0.3) is 5.91 Å². The summed E-state index contributed by atoms with van der Waals surface area (Å²) in [5, 5.41) is 2.34. The zero-order valence-electron chi connectivity index (χ0n) is 16.2. The summed E-state index contributed by atoms with van der Waals surface area (Å²) < 4.78 is 10.1. The molecule has 0 aliphatic heterocycles. The molecular formula is C21H22N2O6. The molecule has 0 radical (unpaired) electrons. The number of amides is 2. The van der Waals surface area contributed by atoms with E-state index in [9.17, 15) is 19.2 Å². The van der Waals surface area contributed by atoms with Crippen LogP contribution in [0, 0.1) is 0 Å². The molecule has 29 heavy (non-hydrogen) atoms. The fourth-order valence-electron chi connectivity index (χ4n) is 2.17. The lowest BCUT2D eigenvalue weighted by Gasteiger charge is -2.11. The third kappa shape index (κ3) is 7.10. The number of carbonyl (C=O) groups excluding carboxylic acids is 4. The first-order valence-electron chi connectivity index (χ1n) is 8.82. The molecule has 0 bridgehead atoms. The Hall–Kier alpha value is -3.68. The summed E-state index contributed by atoms with van der Waals surface area (Å²) >= 11 is 0. The van der Waals surface area contributed by atoms with E-state index in [-0.39, 0.29) is 18.2 Å². The largest absolute Gasteiger partial charge is 0.482 e. The van der Waals surface area contributed by atoms with E-state index in [0.29, 0.717) is 16.9 Å². The zero-order chi connectivity index (χ0) is 21.2. The second-order valence-electron chi connectivity index (χ2n) is 6.23. The molecule has 0 heterocycles. The Kier molecular flexibility index (Phi) is 7.90. The number of rotatable bonds is 9. The number of ether oxygens (including phenoxy) is 2. The minimum absolute atomic E-state index is 0.115. The first-order valence-corrected chi connectivity index (χ1v) is 8.82. The molecule has 0 unspecified atom stereocenters. The fourth-order valence-corrected chi connectivity index (χ4v) is 2.17. The molecule has 2 aromatic rings. The van der Waals surface area contributed by atoms with Gasteiger partial charge in [-0.1, -0.05) is 30.3 Å². The molecule has 152 valence electrons. The van der Waals surface area contributed by atoms with Crippen molar-refractivity contribution in [2.75, 3.05) is 33.9 Å². The highest BCUT2D eigenvalue weighted by Gasteiger charge is 2.12. The van der Waals surface area contributed by atoms with Crippen LogP contribution in [0.4, 0.5) is 0 Å². The molecule has 0 saturated carbocycles. The van der Waals surface area contributed by atoms with Crippen LogP contribution in [0.2, 0.25) is 0 Å². The summed E-state index contributed by atoms with van der Waals surface area (Å²) in [6.45, 7) is -1.07. The van der Waals surface area contributed by atoms with Crippen LogP contribution in [-0.4, -0.2) is 62.3 Å². The van der Waals surface area contributed by atoms with Crippen LogP contribution < -0.4 is 10.1 Å². The van der Waals surface area contributed by atoms with E-state index in [1.807, 2.05) is 6.07 Å². The number of nitrogens with zero attached hydrogens (tertiary/aromatic N) is 1. The maximum atomic E-state index is 12.3. The van der Waals surface area contributed by atoms with Gasteiger partial charge in [-0.2, -0.15) is 0 Å². The van der Waals surface area contributed by atoms with Crippen LogP contribution in [0.3, 0.4) is 0 Å². The van der Waals surface area contributed by atoms with Crippen molar-refractivity contribution < 1.29 is 28.7 Å². The molecule has 0 atom stereocenters. The highest BCUT2D eigenvalue weighted by Crippen LogP contribution is 2.15. The molecule has 0 spiro atoms. The van der Waals surface area contributed by atoms with Crippen molar-refractivity contribution in [1.82, 2.24) is 10.2 Å². The van der Waals surface area contributed by atoms with Gasteiger partial charge in [-0.25, -0.2) is 4.79 Å². The lowest BCUT2D eigenvalue weighted by atomic mass is 10.0. The molecule has 0 aliphatic carbocycles. The Bertz CT molecular complexity index is 862. The average Bonchev–Trinajstić information content (AvgIpc) is 2.74. The summed E-state index contributed by atoms with van der Waals surface area (Å²) in [4.78, 5) is 48.2. The maximum Gasteiger partial charge on any atom is 0.344 e. The monoisotopic (exact) mass is 398 g/mol. The van der Waals surface area contributed by atoms with Crippen LogP contribution in [-0.2, 0) is 19.1 Å².